The van der Waals surface area contributed by atoms with Crippen molar-refractivity contribution in [1.82, 2.24) is 9.80 Å². The lowest BCUT2D eigenvalue weighted by Gasteiger charge is -2.27. The van der Waals surface area contributed by atoms with E-state index in [-0.39, 0.29) is 17.6 Å². The first kappa shape index (κ1) is 18.9. The van der Waals surface area contributed by atoms with Crippen LogP contribution in [0.3, 0.4) is 0 Å². The Kier molecular flexibility index (Phi) is 6.29. The van der Waals surface area contributed by atoms with E-state index in [1.807, 2.05) is 30.3 Å². The van der Waals surface area contributed by atoms with Crippen LogP contribution in [0.4, 0.5) is 4.79 Å². The Balaban J connectivity index is 1.60. The summed E-state index contributed by atoms with van der Waals surface area (Å²) in [5, 5.41) is -0.135. The van der Waals surface area contributed by atoms with Crippen LogP contribution in [0, 0.1) is 0 Å². The largest absolute Gasteiger partial charge is 0.497 e. The molecule has 0 aromatic heterocycles. The van der Waals surface area contributed by atoms with Gasteiger partial charge in [0.2, 0.25) is 5.91 Å². The Bertz CT molecular complexity index is 727. The molecule has 2 fully saturated rings. The van der Waals surface area contributed by atoms with Crippen LogP contribution in [-0.2, 0) is 9.53 Å². The second-order valence-electron chi connectivity index (χ2n) is 5.85. The monoisotopic (exact) mass is 392 g/mol. The summed E-state index contributed by atoms with van der Waals surface area (Å²) in [5.41, 5.74) is 0.940. The summed E-state index contributed by atoms with van der Waals surface area (Å²) in [6.07, 6.45) is 2.15. The first-order chi connectivity index (χ1) is 12.6. The molecular weight excluding hydrogens is 372 g/mol. The second kappa shape index (κ2) is 8.66. The van der Waals surface area contributed by atoms with E-state index in [0.717, 1.165) is 28.0 Å². The Morgan fingerprint density at radius 1 is 1.31 bits per heavy atom. The molecular formula is C18H20N2O4S2. The summed E-state index contributed by atoms with van der Waals surface area (Å²) in [6, 6.07) is 7.53. The van der Waals surface area contributed by atoms with Crippen LogP contribution in [0.2, 0.25) is 0 Å². The van der Waals surface area contributed by atoms with Crippen molar-refractivity contribution < 1.29 is 19.1 Å². The van der Waals surface area contributed by atoms with Crippen molar-refractivity contribution in [3.63, 3.8) is 0 Å². The number of carbonyl (C=O) groups excluding carboxylic acids is 2. The number of amides is 2. The number of ether oxygens (including phenoxy) is 2. The highest BCUT2D eigenvalue weighted by Gasteiger charge is 2.32. The van der Waals surface area contributed by atoms with Crippen LogP contribution in [-0.4, -0.2) is 65.9 Å². The third-order valence-electron chi connectivity index (χ3n) is 4.20. The fourth-order valence-corrected chi connectivity index (χ4v) is 4.01. The number of hydrogen-bond donors (Lipinski definition) is 0. The zero-order valence-electron chi connectivity index (χ0n) is 14.5. The molecule has 138 valence electrons. The minimum absolute atomic E-state index is 0.0292. The van der Waals surface area contributed by atoms with Gasteiger partial charge in [0.25, 0.3) is 5.24 Å². The van der Waals surface area contributed by atoms with Gasteiger partial charge < -0.3 is 14.4 Å². The lowest BCUT2D eigenvalue weighted by Crippen LogP contribution is -2.42. The topological polar surface area (TPSA) is 59.1 Å². The van der Waals surface area contributed by atoms with Gasteiger partial charge in [-0.25, -0.2) is 0 Å². The maximum Gasteiger partial charge on any atom is 0.291 e. The Labute approximate surface area is 162 Å². The highest BCUT2D eigenvalue weighted by Crippen LogP contribution is 2.33. The fraction of sp³-hybridized carbons (Fsp3) is 0.389. The number of rotatable bonds is 5. The van der Waals surface area contributed by atoms with Crippen LogP contribution in [0.25, 0.3) is 6.08 Å². The number of hydrogen-bond acceptors (Lipinski definition) is 6. The van der Waals surface area contributed by atoms with Gasteiger partial charge in [-0.1, -0.05) is 24.4 Å². The molecule has 0 unspecified atom stereocenters. The minimum Gasteiger partial charge on any atom is -0.497 e. The zero-order chi connectivity index (χ0) is 18.5. The SMILES string of the molecule is COc1ccc(/C=C2\SC(=O)N(CCC(=O)N3CCOCC3)C2=S)cc1. The summed E-state index contributed by atoms with van der Waals surface area (Å²) in [5.74, 6) is 0.801. The predicted molar refractivity (Wildman–Crippen MR) is 105 cm³/mol. The smallest absolute Gasteiger partial charge is 0.291 e. The average Bonchev–Trinajstić information content (AvgIpc) is 2.94. The summed E-state index contributed by atoms with van der Waals surface area (Å²) < 4.78 is 10.4. The maximum atomic E-state index is 12.3. The summed E-state index contributed by atoms with van der Waals surface area (Å²) >= 11 is 6.55. The van der Waals surface area contributed by atoms with E-state index in [1.165, 1.54) is 4.90 Å². The molecule has 2 amide bonds. The molecule has 26 heavy (non-hydrogen) atoms. The van der Waals surface area contributed by atoms with E-state index < -0.39 is 0 Å². The lowest BCUT2D eigenvalue weighted by atomic mass is 10.2. The molecule has 2 aliphatic heterocycles. The van der Waals surface area contributed by atoms with Gasteiger partial charge in [0.05, 0.1) is 25.2 Å². The van der Waals surface area contributed by atoms with E-state index in [1.54, 1.807) is 12.0 Å². The van der Waals surface area contributed by atoms with E-state index in [9.17, 15) is 9.59 Å². The van der Waals surface area contributed by atoms with E-state index >= 15 is 0 Å². The number of carbonyl (C=O) groups is 2. The summed E-state index contributed by atoms with van der Waals surface area (Å²) in [7, 11) is 1.62. The quantitative estimate of drug-likeness (QED) is 0.567. The highest BCUT2D eigenvalue weighted by molar-refractivity contribution is 8.19. The van der Waals surface area contributed by atoms with Gasteiger partial charge >= 0.3 is 0 Å². The molecule has 1 aromatic rings. The van der Waals surface area contributed by atoms with Gasteiger partial charge in [-0.3, -0.25) is 14.5 Å². The summed E-state index contributed by atoms with van der Waals surface area (Å²) in [6.45, 7) is 2.65. The van der Waals surface area contributed by atoms with Crippen molar-refractivity contribution in [3.05, 3.63) is 34.7 Å². The number of methoxy groups -OCH3 is 1. The fourth-order valence-electron chi connectivity index (χ4n) is 2.72. The molecule has 0 spiro atoms. The normalized spacial score (nSPS) is 19.3. The van der Waals surface area contributed by atoms with Gasteiger partial charge in [-0.15, -0.1) is 0 Å². The molecule has 1 aromatic carbocycles. The van der Waals surface area contributed by atoms with Crippen LogP contribution in [0.1, 0.15) is 12.0 Å². The van der Waals surface area contributed by atoms with Crippen molar-refractivity contribution >= 4 is 46.2 Å². The number of morpholine rings is 1. The maximum absolute atomic E-state index is 12.3. The van der Waals surface area contributed by atoms with Gasteiger partial charge in [0, 0.05) is 26.1 Å². The first-order valence-electron chi connectivity index (χ1n) is 8.33. The molecule has 6 nitrogen and oxygen atoms in total. The van der Waals surface area contributed by atoms with Gasteiger partial charge in [0.1, 0.15) is 10.7 Å². The van der Waals surface area contributed by atoms with Gasteiger partial charge in [0.15, 0.2) is 0 Å². The van der Waals surface area contributed by atoms with Crippen molar-refractivity contribution in [1.29, 1.82) is 0 Å². The van der Waals surface area contributed by atoms with Crippen molar-refractivity contribution in [2.75, 3.05) is 40.0 Å². The predicted octanol–water partition coefficient (Wildman–Crippen LogP) is 2.78. The van der Waals surface area contributed by atoms with Crippen molar-refractivity contribution in [3.8, 4) is 5.75 Å². The number of thioether (sulfide) groups is 1. The Hall–Kier alpha value is -1.90. The van der Waals surface area contributed by atoms with E-state index in [4.69, 9.17) is 21.7 Å². The zero-order valence-corrected chi connectivity index (χ0v) is 16.1. The third-order valence-corrected chi connectivity index (χ3v) is 5.70. The van der Waals surface area contributed by atoms with Crippen molar-refractivity contribution in [2.24, 2.45) is 0 Å². The lowest BCUT2D eigenvalue weighted by molar-refractivity contribution is -0.135. The highest BCUT2D eigenvalue weighted by atomic mass is 32.2. The van der Waals surface area contributed by atoms with Crippen LogP contribution < -0.4 is 4.74 Å². The third kappa shape index (κ3) is 4.44. The second-order valence-corrected chi connectivity index (χ2v) is 7.23. The standard InChI is InChI=1S/C18H20N2O4S2/c1-23-14-4-2-13(3-5-14)12-15-17(25)20(18(22)26-15)7-6-16(21)19-8-10-24-11-9-19/h2-5,12H,6-11H2,1H3/b15-12-. The summed E-state index contributed by atoms with van der Waals surface area (Å²) in [4.78, 5) is 29.0. The molecule has 0 N–H and O–H groups in total. The number of benzene rings is 1. The number of thiocarbonyl (C=S) groups is 1. The first-order valence-corrected chi connectivity index (χ1v) is 9.56. The molecule has 2 heterocycles. The minimum atomic E-state index is -0.135. The van der Waals surface area contributed by atoms with Gasteiger partial charge in [-0.05, 0) is 35.5 Å². The molecule has 2 aliphatic rings. The van der Waals surface area contributed by atoms with E-state index in [0.29, 0.717) is 37.8 Å². The molecule has 2 saturated heterocycles. The molecule has 0 radical (unpaired) electrons. The molecule has 3 rings (SSSR count). The molecule has 0 bridgehead atoms. The van der Waals surface area contributed by atoms with Crippen LogP contribution >= 0.6 is 24.0 Å². The van der Waals surface area contributed by atoms with Gasteiger partial charge in [-0.2, -0.15) is 0 Å². The van der Waals surface area contributed by atoms with Crippen molar-refractivity contribution in [2.45, 2.75) is 6.42 Å². The van der Waals surface area contributed by atoms with E-state index in [2.05, 4.69) is 0 Å². The molecule has 0 atom stereocenters. The number of nitrogens with zero attached hydrogens (tertiary/aromatic N) is 2. The molecule has 0 saturated carbocycles. The Morgan fingerprint density at radius 2 is 2.00 bits per heavy atom. The molecule has 0 aliphatic carbocycles. The Morgan fingerprint density at radius 3 is 2.65 bits per heavy atom. The molecule has 8 heteroatoms. The van der Waals surface area contributed by atoms with Crippen LogP contribution in [0.15, 0.2) is 29.2 Å². The average molecular weight is 393 g/mol. The van der Waals surface area contributed by atoms with Crippen LogP contribution in [0.5, 0.6) is 5.75 Å².